The average Bonchev–Trinajstić information content (AvgIpc) is 2.86. The third-order valence-corrected chi connectivity index (χ3v) is 4.46. The molecule has 0 aliphatic heterocycles. The molecule has 2 aromatic rings. The van der Waals surface area contributed by atoms with Crippen molar-refractivity contribution in [3.05, 3.63) is 47.4 Å². The summed E-state index contributed by atoms with van der Waals surface area (Å²) in [6.07, 6.45) is 2.63. The van der Waals surface area contributed by atoms with Gasteiger partial charge in [-0.15, -0.1) is 0 Å². The van der Waals surface area contributed by atoms with Crippen LogP contribution in [0.15, 0.2) is 35.7 Å². The molecule has 6 heteroatoms. The molecule has 0 spiro atoms. The summed E-state index contributed by atoms with van der Waals surface area (Å²) in [7, 11) is -3.56. The second-order valence-corrected chi connectivity index (χ2v) is 6.30. The number of aryl methyl sites for hydroxylation is 2. The van der Waals surface area contributed by atoms with Crippen molar-refractivity contribution < 1.29 is 8.42 Å². The van der Waals surface area contributed by atoms with Gasteiger partial charge in [-0.2, -0.15) is 0 Å². The van der Waals surface area contributed by atoms with E-state index in [-0.39, 0.29) is 11.1 Å². The van der Waals surface area contributed by atoms with Gasteiger partial charge >= 0.3 is 0 Å². The van der Waals surface area contributed by atoms with Gasteiger partial charge in [0.15, 0.2) is 5.03 Å². The molecule has 0 saturated carbocycles. The molecule has 1 aromatic heterocycles. The van der Waals surface area contributed by atoms with Gasteiger partial charge < -0.3 is 4.98 Å². The molecule has 2 rings (SSSR count). The highest BCUT2D eigenvalue weighted by atomic mass is 32.2. The zero-order valence-corrected chi connectivity index (χ0v) is 12.0. The first-order chi connectivity index (χ1) is 8.90. The number of nitrogens with zero attached hydrogens (tertiary/aromatic N) is 1. The number of nitrogens with one attached hydrogen (secondary N) is 2. The van der Waals surface area contributed by atoms with Gasteiger partial charge in [0.1, 0.15) is 0 Å². The van der Waals surface area contributed by atoms with Crippen molar-refractivity contribution in [2.75, 3.05) is 0 Å². The molecule has 0 aliphatic rings. The number of hydrogen-bond donors (Lipinski definition) is 2. The van der Waals surface area contributed by atoms with Gasteiger partial charge in [0.05, 0.1) is 12.5 Å². The molecular weight excluding hydrogens is 262 g/mol. The minimum absolute atomic E-state index is 0.0738. The summed E-state index contributed by atoms with van der Waals surface area (Å²) in [6, 6.07) is 5.70. The maximum Gasteiger partial charge on any atom is 0.258 e. The van der Waals surface area contributed by atoms with Crippen molar-refractivity contribution in [3.8, 4) is 0 Å². The smallest absolute Gasteiger partial charge is 0.258 e. The summed E-state index contributed by atoms with van der Waals surface area (Å²) in [5.74, 6) is 0. The molecule has 19 heavy (non-hydrogen) atoms. The normalized spacial score (nSPS) is 13.4. The van der Waals surface area contributed by atoms with Crippen LogP contribution in [0.1, 0.15) is 29.7 Å². The molecule has 1 heterocycles. The molecule has 0 amide bonds. The van der Waals surface area contributed by atoms with Crippen LogP contribution in [0.25, 0.3) is 0 Å². The highest BCUT2D eigenvalue weighted by Gasteiger charge is 2.20. The molecular formula is C13H17N3O2S. The summed E-state index contributed by atoms with van der Waals surface area (Å²) in [5, 5.41) is 0.0738. The van der Waals surface area contributed by atoms with E-state index in [1.807, 2.05) is 39.0 Å². The van der Waals surface area contributed by atoms with Crippen molar-refractivity contribution in [2.45, 2.75) is 31.8 Å². The van der Waals surface area contributed by atoms with Gasteiger partial charge in [-0.3, -0.25) is 0 Å². The van der Waals surface area contributed by atoms with Gasteiger partial charge in [-0.25, -0.2) is 18.1 Å². The lowest BCUT2D eigenvalue weighted by Crippen LogP contribution is -2.27. The van der Waals surface area contributed by atoms with E-state index in [1.165, 1.54) is 12.5 Å². The van der Waals surface area contributed by atoms with Crippen molar-refractivity contribution in [1.82, 2.24) is 14.7 Å². The fourth-order valence-electron chi connectivity index (χ4n) is 1.98. The molecule has 0 aliphatic carbocycles. The number of sulfonamides is 1. The summed E-state index contributed by atoms with van der Waals surface area (Å²) in [4.78, 5) is 6.32. The third kappa shape index (κ3) is 3.02. The van der Waals surface area contributed by atoms with E-state index in [9.17, 15) is 8.42 Å². The first-order valence-electron chi connectivity index (χ1n) is 5.98. The van der Waals surface area contributed by atoms with Gasteiger partial charge in [-0.05, 0) is 31.9 Å². The van der Waals surface area contributed by atoms with Crippen LogP contribution in [-0.2, 0) is 10.0 Å². The number of hydrogen-bond acceptors (Lipinski definition) is 3. The first-order valence-corrected chi connectivity index (χ1v) is 7.46. The minimum Gasteiger partial charge on any atom is -0.335 e. The monoisotopic (exact) mass is 279 g/mol. The average molecular weight is 279 g/mol. The largest absolute Gasteiger partial charge is 0.335 e. The topological polar surface area (TPSA) is 74.8 Å². The highest BCUT2D eigenvalue weighted by Crippen LogP contribution is 2.20. The number of H-pyrrole nitrogens is 1. The Kier molecular flexibility index (Phi) is 3.73. The Morgan fingerprint density at radius 1 is 1.32 bits per heavy atom. The number of aromatic nitrogens is 2. The molecule has 5 nitrogen and oxygen atoms in total. The van der Waals surface area contributed by atoms with E-state index < -0.39 is 10.0 Å². The van der Waals surface area contributed by atoms with Crippen LogP contribution in [0.2, 0.25) is 0 Å². The van der Waals surface area contributed by atoms with E-state index in [4.69, 9.17) is 0 Å². The van der Waals surface area contributed by atoms with Crippen molar-refractivity contribution >= 4 is 10.0 Å². The Balaban J connectivity index is 2.26. The Hall–Kier alpha value is -1.66. The van der Waals surface area contributed by atoms with Gasteiger partial charge in [0, 0.05) is 6.04 Å². The number of benzene rings is 1. The molecule has 0 saturated heterocycles. The van der Waals surface area contributed by atoms with Crippen LogP contribution in [0.4, 0.5) is 0 Å². The van der Waals surface area contributed by atoms with Gasteiger partial charge in [0.25, 0.3) is 10.0 Å². The SMILES string of the molecule is Cc1ccc(C)c(C(C)NS(=O)(=O)c2cnc[nH]2)c1. The van der Waals surface area contributed by atoms with E-state index >= 15 is 0 Å². The van der Waals surface area contributed by atoms with Gasteiger partial charge in [-0.1, -0.05) is 23.8 Å². The molecule has 0 bridgehead atoms. The highest BCUT2D eigenvalue weighted by molar-refractivity contribution is 7.89. The fourth-order valence-corrected chi connectivity index (χ4v) is 3.10. The van der Waals surface area contributed by atoms with Crippen LogP contribution >= 0.6 is 0 Å². The molecule has 1 atom stereocenters. The molecule has 102 valence electrons. The second-order valence-electron chi connectivity index (χ2n) is 4.62. The van der Waals surface area contributed by atoms with E-state index in [0.29, 0.717) is 0 Å². The Morgan fingerprint density at radius 2 is 2.05 bits per heavy atom. The number of rotatable bonds is 4. The standard InChI is InChI=1S/C13H17N3O2S/c1-9-4-5-10(2)12(6-9)11(3)16-19(17,18)13-7-14-8-15-13/h4-8,11,16H,1-3H3,(H,14,15). The lowest BCUT2D eigenvalue weighted by atomic mass is 10.0. The van der Waals surface area contributed by atoms with Crippen LogP contribution < -0.4 is 4.72 Å². The maximum absolute atomic E-state index is 12.1. The van der Waals surface area contributed by atoms with E-state index in [0.717, 1.165) is 16.7 Å². The quantitative estimate of drug-likeness (QED) is 0.899. The fraction of sp³-hybridized carbons (Fsp3) is 0.308. The lowest BCUT2D eigenvalue weighted by molar-refractivity contribution is 0.563. The van der Waals surface area contributed by atoms with E-state index in [1.54, 1.807) is 0 Å². The predicted octanol–water partition coefficient (Wildman–Crippen LogP) is 2.07. The molecule has 0 fully saturated rings. The number of imidazole rings is 1. The summed E-state index contributed by atoms with van der Waals surface area (Å²) in [5.41, 5.74) is 3.14. The predicted molar refractivity (Wildman–Crippen MR) is 73.2 cm³/mol. The van der Waals surface area contributed by atoms with Crippen LogP contribution in [0, 0.1) is 13.8 Å². The summed E-state index contributed by atoms with van der Waals surface area (Å²) < 4.78 is 26.8. The van der Waals surface area contributed by atoms with Crippen LogP contribution in [0.5, 0.6) is 0 Å². The summed E-state index contributed by atoms with van der Waals surface area (Å²) >= 11 is 0. The Morgan fingerprint density at radius 3 is 2.68 bits per heavy atom. The molecule has 1 aromatic carbocycles. The first kappa shape index (κ1) is 13.8. The maximum atomic E-state index is 12.1. The zero-order chi connectivity index (χ0) is 14.0. The van der Waals surface area contributed by atoms with Crippen LogP contribution in [-0.4, -0.2) is 18.4 Å². The molecule has 0 radical (unpaired) electrons. The third-order valence-electron chi connectivity index (χ3n) is 3.00. The van der Waals surface area contributed by atoms with Crippen LogP contribution in [0.3, 0.4) is 0 Å². The van der Waals surface area contributed by atoms with Crippen molar-refractivity contribution in [2.24, 2.45) is 0 Å². The summed E-state index contributed by atoms with van der Waals surface area (Å²) in [6.45, 7) is 5.78. The number of aromatic amines is 1. The Labute approximate surface area is 113 Å². The molecule has 2 N–H and O–H groups in total. The lowest BCUT2D eigenvalue weighted by Gasteiger charge is -2.16. The minimum atomic E-state index is -3.56. The van der Waals surface area contributed by atoms with Crippen molar-refractivity contribution in [3.63, 3.8) is 0 Å². The van der Waals surface area contributed by atoms with E-state index in [2.05, 4.69) is 14.7 Å². The van der Waals surface area contributed by atoms with Crippen molar-refractivity contribution in [1.29, 1.82) is 0 Å². The van der Waals surface area contributed by atoms with Gasteiger partial charge in [0.2, 0.25) is 0 Å². The Bertz CT molecular complexity index is 663. The molecule has 1 unspecified atom stereocenters. The second kappa shape index (κ2) is 5.14. The zero-order valence-electron chi connectivity index (χ0n) is 11.1.